The van der Waals surface area contributed by atoms with Crippen molar-refractivity contribution >= 4 is 34.1 Å². The van der Waals surface area contributed by atoms with Gasteiger partial charge in [0.05, 0.1) is 0 Å². The molecule has 1 fully saturated rings. The van der Waals surface area contributed by atoms with Gasteiger partial charge in [-0.1, -0.05) is 43.0 Å². The van der Waals surface area contributed by atoms with E-state index in [0.29, 0.717) is 12.6 Å². The van der Waals surface area contributed by atoms with Gasteiger partial charge < -0.3 is 15.2 Å². The van der Waals surface area contributed by atoms with Crippen LogP contribution in [0.4, 0.5) is 4.79 Å². The van der Waals surface area contributed by atoms with Gasteiger partial charge in [-0.3, -0.25) is 0 Å². The third-order valence-electron chi connectivity index (χ3n) is 5.42. The van der Waals surface area contributed by atoms with Crippen LogP contribution in [0.2, 0.25) is 5.02 Å². The van der Waals surface area contributed by atoms with Gasteiger partial charge in [0, 0.05) is 46.8 Å². The van der Waals surface area contributed by atoms with Crippen LogP contribution in [0.1, 0.15) is 44.1 Å². The molecular weight excluding hydrogens is 334 g/mol. The molecule has 0 bridgehead atoms. The van der Waals surface area contributed by atoms with Crippen LogP contribution in [0.25, 0.3) is 16.5 Å². The summed E-state index contributed by atoms with van der Waals surface area (Å²) >= 11 is 6.06. The van der Waals surface area contributed by atoms with Gasteiger partial charge in [0.25, 0.3) is 0 Å². The Bertz CT molecular complexity index is 804. The number of urea groups is 1. The molecule has 1 aromatic carbocycles. The zero-order valence-corrected chi connectivity index (χ0v) is 15.1. The second-order valence-electron chi connectivity index (χ2n) is 7.10. The van der Waals surface area contributed by atoms with Crippen molar-refractivity contribution in [3.63, 3.8) is 0 Å². The number of halogens is 1. The maximum atomic E-state index is 12.5. The number of H-pyrrole nitrogens is 1. The molecule has 0 saturated heterocycles. The first kappa shape index (κ1) is 16.5. The van der Waals surface area contributed by atoms with Crippen molar-refractivity contribution in [1.82, 2.24) is 15.2 Å². The van der Waals surface area contributed by atoms with Gasteiger partial charge in [-0.2, -0.15) is 0 Å². The van der Waals surface area contributed by atoms with Crippen LogP contribution < -0.4 is 5.32 Å². The number of carbonyl (C=O) groups is 1. The summed E-state index contributed by atoms with van der Waals surface area (Å²) in [6, 6.07) is 6.40. The quantitative estimate of drug-likeness (QED) is 0.784. The molecular formula is C20H24ClN3O. The Labute approximate surface area is 153 Å². The van der Waals surface area contributed by atoms with Crippen LogP contribution in [0.5, 0.6) is 0 Å². The summed E-state index contributed by atoms with van der Waals surface area (Å²) in [5.74, 6) is 0. The molecule has 0 radical (unpaired) electrons. The molecule has 4 rings (SSSR count). The summed E-state index contributed by atoms with van der Waals surface area (Å²) in [5, 5.41) is 5.14. The fourth-order valence-corrected chi connectivity index (χ4v) is 4.15. The van der Waals surface area contributed by atoms with E-state index in [1.54, 1.807) is 0 Å². The minimum absolute atomic E-state index is 0.0907. The lowest BCUT2D eigenvalue weighted by molar-refractivity contribution is 0.195. The summed E-state index contributed by atoms with van der Waals surface area (Å²) in [6.07, 6.45) is 11.1. The third-order valence-corrected chi connectivity index (χ3v) is 5.65. The molecule has 1 aliphatic heterocycles. The van der Waals surface area contributed by atoms with Crippen LogP contribution >= 0.6 is 11.6 Å². The standard InChI is InChI=1S/C20H24ClN3O/c21-15-6-7-17-18(13-22-19(17)12-15)14-8-10-24(11-9-14)20(25)23-16-4-2-1-3-5-16/h6-8,12-13,16,22H,1-5,9-11H2,(H,23,25). The molecule has 2 heterocycles. The van der Waals surface area contributed by atoms with Crippen LogP contribution in [-0.2, 0) is 0 Å². The first-order valence-electron chi connectivity index (χ1n) is 9.22. The topological polar surface area (TPSA) is 48.1 Å². The maximum Gasteiger partial charge on any atom is 0.317 e. The number of aromatic nitrogens is 1. The number of rotatable bonds is 2. The zero-order chi connectivity index (χ0) is 17.2. The van der Waals surface area contributed by atoms with E-state index in [4.69, 9.17) is 11.6 Å². The number of aromatic amines is 1. The highest BCUT2D eigenvalue weighted by atomic mass is 35.5. The molecule has 2 aliphatic rings. The van der Waals surface area contributed by atoms with E-state index >= 15 is 0 Å². The van der Waals surface area contributed by atoms with E-state index in [2.05, 4.69) is 22.4 Å². The SMILES string of the molecule is O=C(NC1CCCCC1)N1CC=C(c2c[nH]c3cc(Cl)ccc23)CC1. The van der Waals surface area contributed by atoms with Crippen LogP contribution in [0, 0.1) is 0 Å². The summed E-state index contributed by atoms with van der Waals surface area (Å²) < 4.78 is 0. The Balaban J connectivity index is 1.43. The molecule has 132 valence electrons. The molecule has 1 aromatic heterocycles. The lowest BCUT2D eigenvalue weighted by Gasteiger charge is -2.30. The average Bonchev–Trinajstić information content (AvgIpc) is 3.05. The van der Waals surface area contributed by atoms with Gasteiger partial charge in [-0.25, -0.2) is 4.79 Å². The molecule has 2 N–H and O–H groups in total. The normalized spacial score (nSPS) is 19.1. The largest absolute Gasteiger partial charge is 0.361 e. The summed E-state index contributed by atoms with van der Waals surface area (Å²) in [6.45, 7) is 1.44. The van der Waals surface area contributed by atoms with Crippen LogP contribution in [0.15, 0.2) is 30.5 Å². The van der Waals surface area contributed by atoms with Gasteiger partial charge in [0.15, 0.2) is 0 Å². The molecule has 1 aliphatic carbocycles. The molecule has 2 aromatic rings. The predicted molar refractivity (Wildman–Crippen MR) is 103 cm³/mol. The number of hydrogen-bond donors (Lipinski definition) is 2. The van der Waals surface area contributed by atoms with Gasteiger partial charge in [0.2, 0.25) is 0 Å². The van der Waals surface area contributed by atoms with E-state index in [1.807, 2.05) is 23.2 Å². The highest BCUT2D eigenvalue weighted by Gasteiger charge is 2.22. The lowest BCUT2D eigenvalue weighted by atomic mass is 9.95. The Morgan fingerprint density at radius 1 is 1.24 bits per heavy atom. The van der Waals surface area contributed by atoms with Crippen molar-refractivity contribution in [1.29, 1.82) is 0 Å². The number of benzene rings is 1. The molecule has 5 heteroatoms. The van der Waals surface area contributed by atoms with Crippen molar-refractivity contribution < 1.29 is 4.79 Å². The van der Waals surface area contributed by atoms with E-state index in [9.17, 15) is 4.79 Å². The zero-order valence-electron chi connectivity index (χ0n) is 14.4. The molecule has 2 amide bonds. The van der Waals surface area contributed by atoms with Gasteiger partial charge in [0.1, 0.15) is 0 Å². The fraction of sp³-hybridized carbons (Fsp3) is 0.450. The van der Waals surface area contributed by atoms with E-state index in [1.165, 1.54) is 35.8 Å². The van der Waals surface area contributed by atoms with Crippen molar-refractivity contribution in [3.05, 3.63) is 41.1 Å². The Morgan fingerprint density at radius 2 is 2.08 bits per heavy atom. The van der Waals surface area contributed by atoms with Crippen LogP contribution in [0.3, 0.4) is 0 Å². The Kier molecular flexibility index (Phi) is 4.71. The molecule has 0 spiro atoms. The number of nitrogens with one attached hydrogen (secondary N) is 2. The van der Waals surface area contributed by atoms with Gasteiger partial charge in [-0.05, 0) is 37.0 Å². The first-order chi connectivity index (χ1) is 12.2. The summed E-state index contributed by atoms with van der Waals surface area (Å²) in [5.41, 5.74) is 3.58. The van der Waals surface area contributed by atoms with Crippen molar-refractivity contribution in [2.45, 2.75) is 44.6 Å². The van der Waals surface area contributed by atoms with Crippen molar-refractivity contribution in [3.8, 4) is 0 Å². The highest BCUT2D eigenvalue weighted by molar-refractivity contribution is 6.31. The monoisotopic (exact) mass is 357 g/mol. The van der Waals surface area contributed by atoms with Crippen molar-refractivity contribution in [2.75, 3.05) is 13.1 Å². The third kappa shape index (κ3) is 3.54. The number of nitrogens with zero attached hydrogens (tertiary/aromatic N) is 1. The van der Waals surface area contributed by atoms with Crippen molar-refractivity contribution in [2.24, 2.45) is 0 Å². The molecule has 4 nitrogen and oxygen atoms in total. The fourth-order valence-electron chi connectivity index (χ4n) is 3.98. The maximum absolute atomic E-state index is 12.5. The Hall–Kier alpha value is -1.94. The van der Waals surface area contributed by atoms with Gasteiger partial charge in [-0.15, -0.1) is 0 Å². The van der Waals surface area contributed by atoms with E-state index < -0.39 is 0 Å². The smallest absolute Gasteiger partial charge is 0.317 e. The first-order valence-corrected chi connectivity index (χ1v) is 9.60. The molecule has 0 atom stereocenters. The summed E-state index contributed by atoms with van der Waals surface area (Å²) in [4.78, 5) is 17.7. The van der Waals surface area contributed by atoms with Crippen LogP contribution in [-0.4, -0.2) is 35.0 Å². The minimum atomic E-state index is 0.0907. The highest BCUT2D eigenvalue weighted by Crippen LogP contribution is 2.30. The number of amides is 2. The Morgan fingerprint density at radius 3 is 2.84 bits per heavy atom. The van der Waals surface area contributed by atoms with E-state index in [-0.39, 0.29) is 6.03 Å². The molecule has 1 saturated carbocycles. The van der Waals surface area contributed by atoms with Gasteiger partial charge >= 0.3 is 6.03 Å². The number of fused-ring (bicyclic) bond motifs is 1. The molecule has 25 heavy (non-hydrogen) atoms. The second-order valence-corrected chi connectivity index (χ2v) is 7.54. The predicted octanol–water partition coefficient (Wildman–Crippen LogP) is 4.95. The molecule has 0 unspecified atom stereocenters. The number of hydrogen-bond acceptors (Lipinski definition) is 1. The summed E-state index contributed by atoms with van der Waals surface area (Å²) in [7, 11) is 0. The van der Waals surface area contributed by atoms with E-state index in [0.717, 1.165) is 36.3 Å². The second kappa shape index (κ2) is 7.12. The lowest BCUT2D eigenvalue weighted by Crippen LogP contribution is -2.46. The number of carbonyl (C=O) groups excluding carboxylic acids is 1. The average molecular weight is 358 g/mol. The minimum Gasteiger partial charge on any atom is -0.361 e.